The van der Waals surface area contributed by atoms with Crippen LogP contribution in [0, 0.1) is 5.41 Å². The second kappa shape index (κ2) is 9.25. The number of hydrogen-bond donors (Lipinski definition) is 4. The number of carbonyl (C=O) groups is 2. The van der Waals surface area contributed by atoms with Gasteiger partial charge in [0.05, 0.1) is 5.56 Å². The molecule has 4 aromatic rings. The molecular formula is C28H28N4O3. The van der Waals surface area contributed by atoms with Crippen LogP contribution < -0.4 is 11.1 Å². The van der Waals surface area contributed by atoms with Crippen LogP contribution in [0.2, 0.25) is 0 Å². The lowest BCUT2D eigenvalue weighted by molar-refractivity contribution is 0.0698. The molecule has 5 N–H and O–H groups in total. The summed E-state index contributed by atoms with van der Waals surface area (Å²) >= 11 is 0. The molecule has 1 heterocycles. The number of amidine groups is 1. The average molecular weight is 469 g/mol. The van der Waals surface area contributed by atoms with E-state index in [0.717, 1.165) is 47.5 Å². The predicted octanol–water partition coefficient (Wildman–Crippen LogP) is 4.89. The van der Waals surface area contributed by atoms with Gasteiger partial charge in [-0.2, -0.15) is 0 Å². The summed E-state index contributed by atoms with van der Waals surface area (Å²) < 4.78 is 1.95. The SMILES string of the molecule is N=C(N)c1ccc2cc(C(=O)NC3CCCCC3)n(Cc3ccc(C(=O)O)c4ccccc34)c2c1. The van der Waals surface area contributed by atoms with E-state index in [1.807, 2.05) is 47.0 Å². The van der Waals surface area contributed by atoms with Crippen molar-refractivity contribution in [3.05, 3.63) is 83.0 Å². The van der Waals surface area contributed by atoms with Gasteiger partial charge in [0, 0.05) is 29.1 Å². The average Bonchev–Trinajstić information content (AvgIpc) is 3.22. The second-order valence-electron chi connectivity index (χ2n) is 9.23. The number of nitrogen functional groups attached to an aromatic ring is 1. The van der Waals surface area contributed by atoms with E-state index in [-0.39, 0.29) is 23.3 Å². The van der Waals surface area contributed by atoms with E-state index in [2.05, 4.69) is 5.32 Å². The van der Waals surface area contributed by atoms with Gasteiger partial charge in [-0.25, -0.2) is 4.79 Å². The maximum Gasteiger partial charge on any atom is 0.336 e. The molecule has 1 amide bonds. The minimum absolute atomic E-state index is 0.0379. The topological polar surface area (TPSA) is 121 Å². The first-order valence-corrected chi connectivity index (χ1v) is 11.9. The summed E-state index contributed by atoms with van der Waals surface area (Å²) in [5, 5.41) is 23.1. The molecule has 1 fully saturated rings. The van der Waals surface area contributed by atoms with Gasteiger partial charge in [-0.05, 0) is 47.4 Å². The summed E-state index contributed by atoms with van der Waals surface area (Å²) in [6, 6.07) is 18.4. The largest absolute Gasteiger partial charge is 0.478 e. The molecule has 7 heteroatoms. The van der Waals surface area contributed by atoms with Crippen molar-refractivity contribution in [1.82, 2.24) is 9.88 Å². The van der Waals surface area contributed by atoms with E-state index in [1.165, 1.54) is 6.42 Å². The first-order valence-electron chi connectivity index (χ1n) is 11.9. The van der Waals surface area contributed by atoms with Crippen LogP contribution in [-0.2, 0) is 6.54 Å². The summed E-state index contributed by atoms with van der Waals surface area (Å²) in [5.41, 5.74) is 8.84. The summed E-state index contributed by atoms with van der Waals surface area (Å²) in [6.07, 6.45) is 5.43. The number of benzene rings is 3. The van der Waals surface area contributed by atoms with E-state index in [9.17, 15) is 14.7 Å². The number of fused-ring (bicyclic) bond motifs is 2. The Hall–Kier alpha value is -4.13. The second-order valence-corrected chi connectivity index (χ2v) is 9.23. The van der Waals surface area contributed by atoms with Crippen LogP contribution >= 0.6 is 0 Å². The Labute approximate surface area is 203 Å². The lowest BCUT2D eigenvalue weighted by Gasteiger charge is -2.23. The maximum absolute atomic E-state index is 13.4. The Morgan fingerprint density at radius 3 is 2.46 bits per heavy atom. The minimum Gasteiger partial charge on any atom is -0.478 e. The number of carboxylic acids is 1. The van der Waals surface area contributed by atoms with Crippen LogP contribution in [0.15, 0.2) is 60.7 Å². The summed E-state index contributed by atoms with van der Waals surface area (Å²) in [7, 11) is 0. The molecule has 1 saturated carbocycles. The van der Waals surface area contributed by atoms with Gasteiger partial charge in [0.2, 0.25) is 0 Å². The fourth-order valence-electron chi connectivity index (χ4n) is 5.14. The quantitative estimate of drug-likeness (QED) is 0.238. The number of hydrogen-bond acceptors (Lipinski definition) is 3. The minimum atomic E-state index is -0.974. The zero-order chi connectivity index (χ0) is 24.5. The predicted molar refractivity (Wildman–Crippen MR) is 137 cm³/mol. The normalized spacial score (nSPS) is 14.3. The number of nitrogens with two attached hydrogens (primary N) is 1. The van der Waals surface area contributed by atoms with E-state index < -0.39 is 5.97 Å². The lowest BCUT2D eigenvalue weighted by atomic mass is 9.95. The van der Waals surface area contributed by atoms with Crippen molar-refractivity contribution >= 4 is 39.4 Å². The monoisotopic (exact) mass is 468 g/mol. The van der Waals surface area contributed by atoms with Gasteiger partial charge in [-0.3, -0.25) is 10.2 Å². The molecule has 1 aliphatic rings. The molecule has 1 aromatic heterocycles. The van der Waals surface area contributed by atoms with Crippen LogP contribution in [-0.4, -0.2) is 33.4 Å². The van der Waals surface area contributed by atoms with Crippen molar-refractivity contribution in [3.63, 3.8) is 0 Å². The van der Waals surface area contributed by atoms with Gasteiger partial charge in [0.1, 0.15) is 11.5 Å². The Morgan fingerprint density at radius 2 is 1.74 bits per heavy atom. The maximum atomic E-state index is 13.4. The lowest BCUT2D eigenvalue weighted by Crippen LogP contribution is -2.37. The van der Waals surface area contributed by atoms with Crippen LogP contribution in [0.1, 0.15) is 64.1 Å². The third kappa shape index (κ3) is 4.37. The Kier molecular flexibility index (Phi) is 5.99. The van der Waals surface area contributed by atoms with E-state index in [4.69, 9.17) is 11.1 Å². The number of carbonyl (C=O) groups excluding carboxylic acids is 1. The van der Waals surface area contributed by atoms with Gasteiger partial charge in [0.25, 0.3) is 5.91 Å². The molecule has 0 unspecified atom stereocenters. The smallest absolute Gasteiger partial charge is 0.336 e. The van der Waals surface area contributed by atoms with Gasteiger partial charge in [-0.15, -0.1) is 0 Å². The van der Waals surface area contributed by atoms with Gasteiger partial charge >= 0.3 is 5.97 Å². The van der Waals surface area contributed by atoms with Crippen LogP contribution in [0.3, 0.4) is 0 Å². The number of aromatic nitrogens is 1. The Morgan fingerprint density at radius 1 is 1.00 bits per heavy atom. The Bertz CT molecular complexity index is 1460. The molecule has 0 atom stereocenters. The van der Waals surface area contributed by atoms with E-state index in [0.29, 0.717) is 23.2 Å². The molecule has 0 bridgehead atoms. The van der Waals surface area contributed by atoms with Crippen LogP contribution in [0.5, 0.6) is 0 Å². The van der Waals surface area contributed by atoms with E-state index >= 15 is 0 Å². The molecule has 0 spiro atoms. The highest BCUT2D eigenvalue weighted by atomic mass is 16.4. The third-order valence-corrected chi connectivity index (χ3v) is 6.96. The molecule has 0 aliphatic heterocycles. The first kappa shape index (κ1) is 22.7. The molecule has 5 rings (SSSR count). The Balaban J connectivity index is 1.62. The highest BCUT2D eigenvalue weighted by Gasteiger charge is 2.22. The van der Waals surface area contributed by atoms with Crippen molar-refractivity contribution < 1.29 is 14.7 Å². The number of nitrogens with zero attached hydrogens (tertiary/aromatic N) is 1. The zero-order valence-corrected chi connectivity index (χ0v) is 19.4. The van der Waals surface area contributed by atoms with Crippen LogP contribution in [0.25, 0.3) is 21.7 Å². The fourth-order valence-corrected chi connectivity index (χ4v) is 5.14. The van der Waals surface area contributed by atoms with E-state index in [1.54, 1.807) is 18.2 Å². The highest BCUT2D eigenvalue weighted by molar-refractivity contribution is 6.05. The molecular weight excluding hydrogens is 440 g/mol. The van der Waals surface area contributed by atoms with Crippen molar-refractivity contribution in [3.8, 4) is 0 Å². The third-order valence-electron chi connectivity index (χ3n) is 6.96. The van der Waals surface area contributed by atoms with Gasteiger partial charge in [0.15, 0.2) is 0 Å². The van der Waals surface area contributed by atoms with Crippen molar-refractivity contribution in [2.45, 2.75) is 44.7 Å². The first-order chi connectivity index (χ1) is 16.9. The highest BCUT2D eigenvalue weighted by Crippen LogP contribution is 2.28. The van der Waals surface area contributed by atoms with Crippen molar-refractivity contribution in [2.75, 3.05) is 0 Å². The molecule has 35 heavy (non-hydrogen) atoms. The molecule has 7 nitrogen and oxygen atoms in total. The zero-order valence-electron chi connectivity index (χ0n) is 19.4. The summed E-state index contributed by atoms with van der Waals surface area (Å²) in [6.45, 7) is 0.374. The molecule has 0 radical (unpaired) electrons. The molecule has 178 valence electrons. The van der Waals surface area contributed by atoms with Gasteiger partial charge < -0.3 is 20.7 Å². The summed E-state index contributed by atoms with van der Waals surface area (Å²) in [4.78, 5) is 25.2. The molecule has 1 aliphatic carbocycles. The fraction of sp³-hybridized carbons (Fsp3) is 0.250. The number of aromatic carboxylic acids is 1. The molecule has 3 aromatic carbocycles. The summed E-state index contributed by atoms with van der Waals surface area (Å²) in [5.74, 6) is -1.13. The van der Waals surface area contributed by atoms with Crippen molar-refractivity contribution in [2.24, 2.45) is 5.73 Å². The standard InChI is InChI=1S/C28H28N4O3/c29-26(30)18-11-10-17-14-25(27(33)31-20-6-2-1-3-7-20)32(24(17)15-18)16-19-12-13-23(28(34)35)22-9-5-4-8-21(19)22/h4-5,8-15,20H,1-3,6-7,16H2,(H3,29,30)(H,31,33)(H,34,35). The number of nitrogens with one attached hydrogen (secondary N) is 2. The number of carboxylic acid groups (broad SMARTS) is 1. The van der Waals surface area contributed by atoms with Crippen LogP contribution in [0.4, 0.5) is 0 Å². The molecule has 0 saturated heterocycles. The van der Waals surface area contributed by atoms with Crippen molar-refractivity contribution in [1.29, 1.82) is 5.41 Å². The number of rotatable bonds is 6. The van der Waals surface area contributed by atoms with Gasteiger partial charge in [-0.1, -0.05) is 61.7 Å². The number of amides is 1.